The predicted octanol–water partition coefficient (Wildman–Crippen LogP) is 8.82. The van der Waals surface area contributed by atoms with Crippen LogP contribution in [0.4, 0.5) is 9.59 Å². The molecule has 10 nitrogen and oxygen atoms in total. The lowest BCUT2D eigenvalue weighted by atomic mass is 9.78. The Morgan fingerprint density at radius 3 is 1.26 bits per heavy atom. The molecule has 0 saturated heterocycles. The maximum Gasteiger partial charge on any atom is 0.372 e. The van der Waals surface area contributed by atoms with E-state index in [0.29, 0.717) is 11.5 Å². The lowest BCUT2D eigenvalue weighted by molar-refractivity contribution is -0.147. The molecule has 4 rings (SSSR count). The monoisotopic (exact) mass is 756 g/mol. The van der Waals surface area contributed by atoms with Gasteiger partial charge in [-0.15, -0.1) is 0 Å². The van der Waals surface area contributed by atoms with Crippen molar-refractivity contribution >= 4 is 46.1 Å². The Kier molecular flexibility index (Phi) is 15.6. The SMILES string of the molecule is C=CC(=O)OC(COC(=O)Sc1ccccc1)COc1ccc(C(C)(C)c2ccc(OCC(COC(=O)Sc3ccccc3)OC(=O)C=C)cc2)cc1. The molecule has 0 N–H and O–H groups in total. The molecule has 0 aliphatic rings. The highest BCUT2D eigenvalue weighted by atomic mass is 32.2. The van der Waals surface area contributed by atoms with E-state index in [0.717, 1.165) is 56.6 Å². The highest BCUT2D eigenvalue weighted by Gasteiger charge is 2.24. The maximum absolute atomic E-state index is 12.3. The summed E-state index contributed by atoms with van der Waals surface area (Å²) in [5, 5.41) is -1.06. The molecule has 276 valence electrons. The van der Waals surface area contributed by atoms with Crippen molar-refractivity contribution in [2.75, 3.05) is 26.4 Å². The van der Waals surface area contributed by atoms with Gasteiger partial charge in [0.15, 0.2) is 12.2 Å². The second-order valence-electron chi connectivity index (χ2n) is 11.8. The Morgan fingerprint density at radius 1 is 0.566 bits per heavy atom. The molecule has 0 bridgehead atoms. The molecular weight excluding hydrogens is 717 g/mol. The Morgan fingerprint density at radius 2 is 0.925 bits per heavy atom. The number of carbonyl (C=O) groups is 4. The topological polar surface area (TPSA) is 124 Å². The van der Waals surface area contributed by atoms with Crippen LogP contribution in [0, 0.1) is 0 Å². The summed E-state index contributed by atoms with van der Waals surface area (Å²) >= 11 is 1.86. The van der Waals surface area contributed by atoms with Crippen LogP contribution in [0.15, 0.2) is 144 Å². The molecule has 0 aliphatic heterocycles. The number of carbonyl (C=O) groups excluding carboxylic acids is 4. The molecule has 0 radical (unpaired) electrons. The first-order chi connectivity index (χ1) is 25.5. The van der Waals surface area contributed by atoms with Gasteiger partial charge in [0.25, 0.3) is 0 Å². The van der Waals surface area contributed by atoms with Crippen LogP contribution in [0.25, 0.3) is 0 Å². The zero-order chi connectivity index (χ0) is 38.1. The van der Waals surface area contributed by atoms with Gasteiger partial charge in [0, 0.05) is 27.4 Å². The Labute approximate surface area is 317 Å². The van der Waals surface area contributed by atoms with Gasteiger partial charge in [-0.05, 0) is 83.2 Å². The molecule has 53 heavy (non-hydrogen) atoms. The third kappa shape index (κ3) is 13.6. The van der Waals surface area contributed by atoms with Crippen LogP contribution in [0.2, 0.25) is 0 Å². The van der Waals surface area contributed by atoms with Crippen LogP contribution in [0.5, 0.6) is 11.5 Å². The summed E-state index contributed by atoms with van der Waals surface area (Å²) in [4.78, 5) is 49.9. The van der Waals surface area contributed by atoms with Crippen molar-refractivity contribution in [2.24, 2.45) is 0 Å². The van der Waals surface area contributed by atoms with Crippen LogP contribution in [-0.2, 0) is 34.0 Å². The van der Waals surface area contributed by atoms with Gasteiger partial charge in [0.2, 0.25) is 0 Å². The van der Waals surface area contributed by atoms with E-state index in [2.05, 4.69) is 27.0 Å². The lowest BCUT2D eigenvalue weighted by Crippen LogP contribution is -2.30. The maximum atomic E-state index is 12.3. The standard InChI is InChI=1S/C41H40O10S2/c1-5-37(42)50-33(27-48-39(44)52-35-13-9-7-10-14-35)25-46-31-21-17-29(18-22-31)41(3,4)30-19-23-32(24-20-30)47-26-34(51-38(43)6-2)28-49-40(45)53-36-15-11-8-12-16-36/h5-24,33-34H,1-2,25-28H2,3-4H3. The fourth-order valence-corrected chi connectivity index (χ4v) is 5.91. The number of hydrogen-bond donors (Lipinski definition) is 0. The van der Waals surface area contributed by atoms with Crippen LogP contribution in [0.1, 0.15) is 25.0 Å². The molecule has 12 heteroatoms. The van der Waals surface area contributed by atoms with Crippen molar-refractivity contribution in [3.63, 3.8) is 0 Å². The molecule has 0 fully saturated rings. The lowest BCUT2D eigenvalue weighted by Gasteiger charge is -2.27. The minimum absolute atomic E-state index is 0.0458. The number of rotatable bonds is 18. The fraction of sp³-hybridized carbons (Fsp3) is 0.220. The molecular formula is C41H40O10S2. The molecule has 2 unspecified atom stereocenters. The average molecular weight is 757 g/mol. The summed E-state index contributed by atoms with van der Waals surface area (Å²) in [5.41, 5.74) is 1.61. The first-order valence-corrected chi connectivity index (χ1v) is 18.1. The molecule has 4 aromatic rings. The van der Waals surface area contributed by atoms with Gasteiger partial charge in [0.1, 0.15) is 37.9 Å². The van der Waals surface area contributed by atoms with Gasteiger partial charge in [0.05, 0.1) is 0 Å². The Balaban J connectivity index is 1.30. The van der Waals surface area contributed by atoms with E-state index in [1.807, 2.05) is 84.9 Å². The first-order valence-electron chi connectivity index (χ1n) is 16.5. The highest BCUT2D eigenvalue weighted by Crippen LogP contribution is 2.33. The molecule has 4 aromatic carbocycles. The minimum atomic E-state index is -0.851. The van der Waals surface area contributed by atoms with Crippen molar-refractivity contribution in [1.29, 1.82) is 0 Å². The van der Waals surface area contributed by atoms with E-state index in [1.165, 1.54) is 0 Å². The molecule has 2 atom stereocenters. The van der Waals surface area contributed by atoms with Gasteiger partial charge in [-0.3, -0.25) is 0 Å². The summed E-state index contributed by atoms with van der Waals surface area (Å²) in [7, 11) is 0. The van der Waals surface area contributed by atoms with Crippen molar-refractivity contribution in [3.8, 4) is 11.5 Å². The van der Waals surface area contributed by atoms with Crippen molar-refractivity contribution < 1.29 is 47.6 Å². The fourth-order valence-electron chi connectivity index (χ4n) is 4.69. The van der Waals surface area contributed by atoms with Crippen LogP contribution >= 0.6 is 23.5 Å². The van der Waals surface area contributed by atoms with Crippen LogP contribution < -0.4 is 9.47 Å². The van der Waals surface area contributed by atoms with E-state index in [1.54, 1.807) is 24.3 Å². The highest BCUT2D eigenvalue weighted by molar-refractivity contribution is 8.13. The summed E-state index contributed by atoms with van der Waals surface area (Å²) in [5.74, 6) is -0.244. The quantitative estimate of drug-likeness (QED) is 0.0417. The Bertz CT molecular complexity index is 1680. The van der Waals surface area contributed by atoms with Gasteiger partial charge in [-0.25, -0.2) is 19.2 Å². The predicted molar refractivity (Wildman–Crippen MR) is 203 cm³/mol. The minimum Gasteiger partial charge on any atom is -0.490 e. The van der Waals surface area contributed by atoms with E-state index in [-0.39, 0.29) is 26.4 Å². The normalized spacial score (nSPS) is 12.0. The van der Waals surface area contributed by atoms with E-state index in [4.69, 9.17) is 28.4 Å². The summed E-state index contributed by atoms with van der Waals surface area (Å²) in [6.45, 7) is 10.5. The molecule has 0 heterocycles. The van der Waals surface area contributed by atoms with E-state index < -0.39 is 40.2 Å². The molecule has 0 amide bonds. The molecule has 0 aromatic heterocycles. The molecule has 0 spiro atoms. The van der Waals surface area contributed by atoms with Gasteiger partial charge < -0.3 is 28.4 Å². The Hall–Kier alpha value is -5.46. The number of thioether (sulfide) groups is 2. The second kappa shape index (κ2) is 20.5. The number of benzene rings is 4. The number of hydrogen-bond acceptors (Lipinski definition) is 12. The zero-order valence-corrected chi connectivity index (χ0v) is 31.0. The summed E-state index contributed by atoms with van der Waals surface area (Å²) in [6.07, 6.45) is 0.368. The molecule has 0 aliphatic carbocycles. The molecule has 0 saturated carbocycles. The van der Waals surface area contributed by atoms with Crippen molar-refractivity contribution in [1.82, 2.24) is 0 Å². The second-order valence-corrected chi connectivity index (χ2v) is 13.8. The van der Waals surface area contributed by atoms with Crippen LogP contribution in [-0.4, -0.2) is 61.2 Å². The van der Waals surface area contributed by atoms with E-state index >= 15 is 0 Å². The van der Waals surface area contributed by atoms with E-state index in [9.17, 15) is 19.2 Å². The average Bonchev–Trinajstić information content (AvgIpc) is 3.17. The summed E-state index contributed by atoms with van der Waals surface area (Å²) in [6, 6.07) is 33.2. The smallest absolute Gasteiger partial charge is 0.372 e. The van der Waals surface area contributed by atoms with Crippen LogP contribution in [0.3, 0.4) is 0 Å². The van der Waals surface area contributed by atoms with Crippen molar-refractivity contribution in [3.05, 3.63) is 146 Å². The van der Waals surface area contributed by atoms with Gasteiger partial charge in [-0.2, -0.15) is 0 Å². The van der Waals surface area contributed by atoms with Gasteiger partial charge in [-0.1, -0.05) is 87.7 Å². The zero-order valence-electron chi connectivity index (χ0n) is 29.3. The van der Waals surface area contributed by atoms with Crippen molar-refractivity contribution in [2.45, 2.75) is 41.3 Å². The largest absolute Gasteiger partial charge is 0.490 e. The number of esters is 2. The van der Waals surface area contributed by atoms with Gasteiger partial charge >= 0.3 is 22.5 Å². The summed E-state index contributed by atoms with van der Waals surface area (Å²) < 4.78 is 33.1. The third-order valence-corrected chi connectivity index (χ3v) is 9.17. The first kappa shape index (κ1) is 40.3. The number of ether oxygens (including phenoxy) is 6. The third-order valence-electron chi connectivity index (χ3n) is 7.59.